The molecule has 0 aromatic heterocycles. The van der Waals surface area contributed by atoms with Crippen molar-refractivity contribution < 1.29 is 0 Å². The van der Waals surface area contributed by atoms with Crippen molar-refractivity contribution >= 4 is 0 Å². The minimum atomic E-state index is 0.344. The number of likely N-dealkylation sites (tertiary alicyclic amines) is 1. The number of nitrogens with zero attached hydrogens (tertiary/aromatic N) is 1. The molecule has 1 saturated heterocycles. The number of hydrogen-bond donors (Lipinski definition) is 1. The van der Waals surface area contributed by atoms with Crippen LogP contribution in [0.4, 0.5) is 0 Å². The van der Waals surface area contributed by atoms with Crippen molar-refractivity contribution in [3.63, 3.8) is 0 Å². The molecular formula is C16H30N2. The minimum absolute atomic E-state index is 0.344. The van der Waals surface area contributed by atoms with Crippen molar-refractivity contribution in [3.8, 4) is 0 Å². The SMILES string of the molecule is CC1CCC(CN)(N2CC3CCCC3C2)C(C)C1. The van der Waals surface area contributed by atoms with Gasteiger partial charge in [0.2, 0.25) is 0 Å². The van der Waals surface area contributed by atoms with E-state index in [1.54, 1.807) is 0 Å². The predicted octanol–water partition coefficient (Wildman–Crippen LogP) is 2.87. The van der Waals surface area contributed by atoms with Gasteiger partial charge in [-0.2, -0.15) is 0 Å². The fourth-order valence-corrected chi connectivity index (χ4v) is 5.18. The normalized spacial score (nSPS) is 49.5. The Kier molecular flexibility index (Phi) is 3.44. The largest absolute Gasteiger partial charge is 0.329 e. The van der Waals surface area contributed by atoms with E-state index in [2.05, 4.69) is 18.7 Å². The van der Waals surface area contributed by atoms with E-state index < -0.39 is 0 Å². The molecule has 0 spiro atoms. The van der Waals surface area contributed by atoms with Crippen LogP contribution in [0, 0.1) is 23.7 Å². The Hall–Kier alpha value is -0.0800. The summed E-state index contributed by atoms with van der Waals surface area (Å²) in [5.74, 6) is 3.69. The summed E-state index contributed by atoms with van der Waals surface area (Å²) in [6.45, 7) is 8.44. The summed E-state index contributed by atoms with van der Waals surface area (Å²) < 4.78 is 0. The van der Waals surface area contributed by atoms with Gasteiger partial charge in [0.25, 0.3) is 0 Å². The zero-order valence-electron chi connectivity index (χ0n) is 12.2. The second-order valence-corrected chi connectivity index (χ2v) is 7.44. The van der Waals surface area contributed by atoms with Gasteiger partial charge in [0.15, 0.2) is 0 Å². The molecule has 0 aromatic rings. The Labute approximate surface area is 112 Å². The summed E-state index contributed by atoms with van der Waals surface area (Å²) >= 11 is 0. The third kappa shape index (κ3) is 1.92. The summed E-state index contributed by atoms with van der Waals surface area (Å²) in [5.41, 5.74) is 6.61. The van der Waals surface area contributed by atoms with E-state index in [9.17, 15) is 0 Å². The average Bonchev–Trinajstić information content (AvgIpc) is 2.90. The first-order valence-corrected chi connectivity index (χ1v) is 8.11. The predicted molar refractivity (Wildman–Crippen MR) is 76.4 cm³/mol. The van der Waals surface area contributed by atoms with E-state index in [-0.39, 0.29) is 0 Å². The molecule has 2 heteroatoms. The van der Waals surface area contributed by atoms with Crippen molar-refractivity contribution in [1.82, 2.24) is 4.90 Å². The van der Waals surface area contributed by atoms with Crippen LogP contribution in [0.1, 0.15) is 52.4 Å². The molecule has 2 saturated carbocycles. The van der Waals surface area contributed by atoms with E-state index in [1.807, 2.05) is 0 Å². The van der Waals surface area contributed by atoms with Crippen molar-refractivity contribution in [2.24, 2.45) is 29.4 Å². The van der Waals surface area contributed by atoms with Gasteiger partial charge in [-0.15, -0.1) is 0 Å². The third-order valence-corrected chi connectivity index (χ3v) is 6.45. The van der Waals surface area contributed by atoms with Gasteiger partial charge in [0.1, 0.15) is 0 Å². The summed E-state index contributed by atoms with van der Waals surface area (Å²) in [6.07, 6.45) is 8.53. The molecule has 3 aliphatic rings. The Balaban J connectivity index is 1.75. The minimum Gasteiger partial charge on any atom is -0.329 e. The molecule has 0 radical (unpaired) electrons. The smallest absolute Gasteiger partial charge is 0.0357 e. The Morgan fingerprint density at radius 2 is 1.78 bits per heavy atom. The van der Waals surface area contributed by atoms with E-state index in [4.69, 9.17) is 5.73 Å². The molecule has 3 fully saturated rings. The van der Waals surface area contributed by atoms with Gasteiger partial charge in [-0.1, -0.05) is 20.3 Å². The highest BCUT2D eigenvalue weighted by molar-refractivity contribution is 5.04. The lowest BCUT2D eigenvalue weighted by Gasteiger charge is -2.50. The summed E-state index contributed by atoms with van der Waals surface area (Å²) in [4.78, 5) is 2.82. The van der Waals surface area contributed by atoms with E-state index in [1.165, 1.54) is 51.6 Å². The molecule has 1 aliphatic heterocycles. The van der Waals surface area contributed by atoms with Crippen LogP contribution in [-0.2, 0) is 0 Å². The highest BCUT2D eigenvalue weighted by Gasteiger charge is 2.49. The number of hydrogen-bond acceptors (Lipinski definition) is 2. The number of rotatable bonds is 2. The first kappa shape index (κ1) is 12.9. The Morgan fingerprint density at radius 1 is 1.11 bits per heavy atom. The van der Waals surface area contributed by atoms with Crippen LogP contribution in [0.15, 0.2) is 0 Å². The molecular weight excluding hydrogens is 220 g/mol. The molecule has 2 aliphatic carbocycles. The van der Waals surface area contributed by atoms with Gasteiger partial charge in [-0.25, -0.2) is 0 Å². The first-order chi connectivity index (χ1) is 8.65. The lowest BCUT2D eigenvalue weighted by Crippen LogP contribution is -2.59. The maximum absolute atomic E-state index is 6.26. The highest BCUT2D eigenvalue weighted by Crippen LogP contribution is 2.46. The number of fused-ring (bicyclic) bond motifs is 1. The quantitative estimate of drug-likeness (QED) is 0.816. The summed E-state index contributed by atoms with van der Waals surface area (Å²) in [6, 6.07) is 0. The van der Waals surface area contributed by atoms with Crippen molar-refractivity contribution in [1.29, 1.82) is 0 Å². The molecule has 2 nitrogen and oxygen atoms in total. The topological polar surface area (TPSA) is 29.3 Å². The van der Waals surface area contributed by atoms with E-state index in [0.717, 1.165) is 30.2 Å². The lowest BCUT2D eigenvalue weighted by atomic mass is 9.69. The maximum Gasteiger partial charge on any atom is 0.0357 e. The van der Waals surface area contributed by atoms with Crippen molar-refractivity contribution in [2.45, 2.75) is 57.9 Å². The molecule has 0 bridgehead atoms. The highest BCUT2D eigenvalue weighted by atomic mass is 15.2. The van der Waals surface area contributed by atoms with Crippen LogP contribution in [0.5, 0.6) is 0 Å². The fraction of sp³-hybridized carbons (Fsp3) is 1.00. The molecule has 5 atom stereocenters. The van der Waals surface area contributed by atoms with Gasteiger partial charge in [-0.3, -0.25) is 4.90 Å². The molecule has 18 heavy (non-hydrogen) atoms. The van der Waals surface area contributed by atoms with Crippen LogP contribution in [0.2, 0.25) is 0 Å². The lowest BCUT2D eigenvalue weighted by molar-refractivity contribution is 0.0110. The summed E-state index contributed by atoms with van der Waals surface area (Å²) in [5, 5.41) is 0. The Bertz CT molecular complexity index is 291. The molecule has 0 amide bonds. The molecule has 5 unspecified atom stereocenters. The van der Waals surface area contributed by atoms with Crippen LogP contribution in [-0.4, -0.2) is 30.1 Å². The Morgan fingerprint density at radius 3 is 2.33 bits per heavy atom. The molecule has 3 rings (SSSR count). The molecule has 2 N–H and O–H groups in total. The zero-order chi connectivity index (χ0) is 12.8. The third-order valence-electron chi connectivity index (χ3n) is 6.45. The average molecular weight is 250 g/mol. The van der Waals surface area contributed by atoms with Crippen LogP contribution in [0.25, 0.3) is 0 Å². The summed E-state index contributed by atoms with van der Waals surface area (Å²) in [7, 11) is 0. The maximum atomic E-state index is 6.26. The standard InChI is InChI=1S/C16H30N2/c1-12-6-7-16(11-17,13(2)8-12)18-9-14-4-3-5-15(14)10-18/h12-15H,3-11,17H2,1-2H3. The van der Waals surface area contributed by atoms with Gasteiger partial charge in [0.05, 0.1) is 0 Å². The van der Waals surface area contributed by atoms with Crippen LogP contribution >= 0.6 is 0 Å². The molecule has 0 aromatic carbocycles. The second kappa shape index (κ2) is 4.79. The number of nitrogens with two attached hydrogens (primary N) is 1. The molecule has 104 valence electrons. The van der Waals surface area contributed by atoms with Gasteiger partial charge in [0, 0.05) is 25.2 Å². The van der Waals surface area contributed by atoms with E-state index >= 15 is 0 Å². The van der Waals surface area contributed by atoms with E-state index in [0.29, 0.717) is 5.54 Å². The van der Waals surface area contributed by atoms with Crippen molar-refractivity contribution in [3.05, 3.63) is 0 Å². The zero-order valence-corrected chi connectivity index (χ0v) is 12.2. The first-order valence-electron chi connectivity index (χ1n) is 8.11. The van der Waals surface area contributed by atoms with Crippen LogP contribution in [0.3, 0.4) is 0 Å². The van der Waals surface area contributed by atoms with Crippen LogP contribution < -0.4 is 5.73 Å². The van der Waals surface area contributed by atoms with Gasteiger partial charge >= 0.3 is 0 Å². The monoisotopic (exact) mass is 250 g/mol. The van der Waals surface area contributed by atoms with Gasteiger partial charge in [-0.05, 0) is 55.8 Å². The molecule has 1 heterocycles. The second-order valence-electron chi connectivity index (χ2n) is 7.44. The van der Waals surface area contributed by atoms with Crippen molar-refractivity contribution in [2.75, 3.05) is 19.6 Å². The van der Waals surface area contributed by atoms with Gasteiger partial charge < -0.3 is 5.73 Å². The fourth-order valence-electron chi connectivity index (χ4n) is 5.18.